The van der Waals surface area contributed by atoms with Crippen LogP contribution in [0.2, 0.25) is 0 Å². The molecular weight excluding hydrogens is 611 g/mol. The van der Waals surface area contributed by atoms with Crippen molar-refractivity contribution in [3.63, 3.8) is 0 Å². The van der Waals surface area contributed by atoms with Crippen molar-refractivity contribution in [2.45, 2.75) is 6.17 Å². The number of hydrogen-bond donors (Lipinski definition) is 1. The molecule has 0 amide bonds. The first-order valence-electron chi connectivity index (χ1n) is 17.0. The largest absolute Gasteiger partial charge is 0.344 e. The predicted molar refractivity (Wildman–Crippen MR) is 207 cm³/mol. The van der Waals surface area contributed by atoms with Crippen LogP contribution < -0.4 is 5.32 Å². The Morgan fingerprint density at radius 1 is 0.420 bits per heavy atom. The topological polar surface area (TPSA) is 46.6 Å². The Hall–Kier alpha value is -6.72. The van der Waals surface area contributed by atoms with Crippen LogP contribution in [-0.2, 0) is 0 Å². The van der Waals surface area contributed by atoms with Crippen LogP contribution in [0.4, 0.5) is 0 Å². The molecule has 5 nitrogen and oxygen atoms in total. The third-order valence-corrected chi connectivity index (χ3v) is 9.77. The number of benzene rings is 7. The molecule has 9 aromatic rings. The fourth-order valence-electron chi connectivity index (χ4n) is 7.45. The van der Waals surface area contributed by atoms with Crippen molar-refractivity contribution in [2.24, 2.45) is 9.98 Å². The summed E-state index contributed by atoms with van der Waals surface area (Å²) in [4.78, 5) is 10.1. The number of aromatic nitrogens is 2. The summed E-state index contributed by atoms with van der Waals surface area (Å²) >= 11 is 0. The number of aliphatic imine (C=N–C) groups is 2. The summed E-state index contributed by atoms with van der Waals surface area (Å²) < 4.78 is 4.77. The second-order valence-electron chi connectivity index (χ2n) is 12.7. The molecule has 2 aromatic heterocycles. The second-order valence-corrected chi connectivity index (χ2v) is 12.7. The van der Waals surface area contributed by atoms with Crippen molar-refractivity contribution in [1.82, 2.24) is 14.5 Å². The summed E-state index contributed by atoms with van der Waals surface area (Å²) in [6.45, 7) is 0. The van der Waals surface area contributed by atoms with Crippen LogP contribution in [0.25, 0.3) is 55.0 Å². The fourth-order valence-corrected chi connectivity index (χ4v) is 7.45. The maximum absolute atomic E-state index is 5.09. The number of nitrogens with zero attached hydrogens (tertiary/aromatic N) is 4. The lowest BCUT2D eigenvalue weighted by Crippen LogP contribution is -2.33. The summed E-state index contributed by atoms with van der Waals surface area (Å²) in [5.41, 5.74) is 10.1. The minimum Gasteiger partial charge on any atom is -0.344 e. The third kappa shape index (κ3) is 4.55. The molecule has 0 radical (unpaired) electrons. The Kier molecular flexibility index (Phi) is 6.49. The Labute approximate surface area is 289 Å². The SMILES string of the molecule is c1ccc(C2=NC(c3ccc(-n4c5ccccc5c5cc6c7ccccc7n(-c7ccccc7)c6cc54)cc3)=NC(c3ccccc3)N2)cc1. The van der Waals surface area contributed by atoms with Crippen molar-refractivity contribution in [2.75, 3.05) is 0 Å². The maximum atomic E-state index is 5.09. The molecule has 5 heteroatoms. The summed E-state index contributed by atoms with van der Waals surface area (Å²) in [5.74, 6) is 1.52. The Balaban J connectivity index is 1.15. The van der Waals surface area contributed by atoms with E-state index in [0.717, 1.165) is 33.9 Å². The van der Waals surface area contributed by atoms with Gasteiger partial charge in [-0.2, -0.15) is 0 Å². The zero-order valence-electron chi connectivity index (χ0n) is 27.1. The normalized spacial score (nSPS) is 14.6. The smallest absolute Gasteiger partial charge is 0.159 e. The molecule has 3 heterocycles. The predicted octanol–water partition coefficient (Wildman–Crippen LogP) is 10.4. The molecule has 0 saturated carbocycles. The van der Waals surface area contributed by atoms with Crippen molar-refractivity contribution in [1.29, 1.82) is 0 Å². The minimum atomic E-state index is -0.241. The van der Waals surface area contributed by atoms with Gasteiger partial charge in [-0.15, -0.1) is 0 Å². The summed E-state index contributed by atoms with van der Waals surface area (Å²) in [6.07, 6.45) is -0.241. The fraction of sp³-hybridized carbons (Fsp3) is 0.0222. The molecule has 50 heavy (non-hydrogen) atoms. The number of fused-ring (bicyclic) bond motifs is 6. The first-order valence-corrected chi connectivity index (χ1v) is 17.0. The molecule has 0 fully saturated rings. The number of rotatable bonds is 5. The Morgan fingerprint density at radius 2 is 0.940 bits per heavy atom. The lowest BCUT2D eigenvalue weighted by molar-refractivity contribution is 0.674. The second kappa shape index (κ2) is 11.5. The number of para-hydroxylation sites is 3. The minimum absolute atomic E-state index is 0.241. The Bertz CT molecular complexity index is 2760. The molecule has 1 aliphatic heterocycles. The van der Waals surface area contributed by atoms with E-state index in [1.54, 1.807) is 0 Å². The highest BCUT2D eigenvalue weighted by Gasteiger charge is 2.22. The average molecular weight is 642 g/mol. The van der Waals surface area contributed by atoms with Crippen LogP contribution in [0.1, 0.15) is 22.9 Å². The highest BCUT2D eigenvalue weighted by Crippen LogP contribution is 2.39. The van der Waals surface area contributed by atoms with Gasteiger partial charge in [0.2, 0.25) is 0 Å². The number of hydrogen-bond acceptors (Lipinski definition) is 3. The van der Waals surface area contributed by atoms with Gasteiger partial charge in [-0.1, -0.05) is 115 Å². The van der Waals surface area contributed by atoms with Gasteiger partial charge < -0.3 is 14.5 Å². The van der Waals surface area contributed by atoms with Gasteiger partial charge in [0.25, 0.3) is 0 Å². The van der Waals surface area contributed by atoms with Gasteiger partial charge in [-0.25, -0.2) is 9.98 Å². The molecule has 0 aliphatic carbocycles. The molecule has 0 spiro atoms. The van der Waals surface area contributed by atoms with E-state index >= 15 is 0 Å². The molecule has 10 rings (SSSR count). The van der Waals surface area contributed by atoms with Crippen molar-refractivity contribution in [3.8, 4) is 11.4 Å². The third-order valence-electron chi connectivity index (χ3n) is 9.77. The average Bonchev–Trinajstić information content (AvgIpc) is 3.70. The standard InChI is InChI=1S/C45H31N5/c1-4-14-30(15-5-1)43-46-44(31-16-6-2-7-17-31)48-45(47-43)32-24-26-34(27-25-32)50-40-23-13-11-21-36(40)38-28-37-35-20-10-12-22-39(35)49(41(37)29-42(38)50)33-18-8-3-9-19-33/h1-29,43H,(H,46,47,48). The van der Waals surface area contributed by atoms with E-state index in [1.807, 2.05) is 36.4 Å². The van der Waals surface area contributed by atoms with E-state index in [4.69, 9.17) is 9.98 Å². The Morgan fingerprint density at radius 3 is 1.56 bits per heavy atom. The van der Waals surface area contributed by atoms with Crippen LogP contribution in [0.15, 0.2) is 186 Å². The van der Waals surface area contributed by atoms with Gasteiger partial charge in [0.15, 0.2) is 5.84 Å². The maximum Gasteiger partial charge on any atom is 0.159 e. The monoisotopic (exact) mass is 641 g/mol. The van der Waals surface area contributed by atoms with Crippen molar-refractivity contribution < 1.29 is 0 Å². The first-order chi connectivity index (χ1) is 24.8. The summed E-state index contributed by atoms with van der Waals surface area (Å²) in [5, 5.41) is 8.52. The van der Waals surface area contributed by atoms with Gasteiger partial charge in [-0.05, 0) is 66.2 Å². The van der Waals surface area contributed by atoms with Crippen LogP contribution >= 0.6 is 0 Å². The molecule has 0 bridgehead atoms. The molecule has 1 unspecified atom stereocenters. The number of nitrogens with one attached hydrogen (secondary N) is 1. The lowest BCUT2D eigenvalue weighted by Gasteiger charge is -2.23. The molecule has 1 aliphatic rings. The van der Waals surface area contributed by atoms with E-state index in [-0.39, 0.29) is 6.17 Å². The highest BCUT2D eigenvalue weighted by molar-refractivity contribution is 6.19. The molecule has 236 valence electrons. The summed E-state index contributed by atoms with van der Waals surface area (Å²) in [7, 11) is 0. The lowest BCUT2D eigenvalue weighted by atomic mass is 10.1. The van der Waals surface area contributed by atoms with E-state index in [2.05, 4.69) is 154 Å². The van der Waals surface area contributed by atoms with Gasteiger partial charge in [0.1, 0.15) is 12.0 Å². The van der Waals surface area contributed by atoms with Crippen LogP contribution in [0.5, 0.6) is 0 Å². The quantitative estimate of drug-likeness (QED) is 0.200. The molecule has 7 aromatic carbocycles. The number of amidine groups is 2. The van der Waals surface area contributed by atoms with Gasteiger partial charge >= 0.3 is 0 Å². The van der Waals surface area contributed by atoms with Crippen LogP contribution in [0.3, 0.4) is 0 Å². The van der Waals surface area contributed by atoms with E-state index in [0.29, 0.717) is 5.84 Å². The van der Waals surface area contributed by atoms with Gasteiger partial charge in [-0.3, -0.25) is 0 Å². The first kappa shape index (κ1) is 28.3. The van der Waals surface area contributed by atoms with E-state index in [1.165, 1.54) is 43.6 Å². The van der Waals surface area contributed by atoms with Crippen molar-refractivity contribution >= 4 is 55.3 Å². The van der Waals surface area contributed by atoms with E-state index < -0.39 is 0 Å². The summed E-state index contributed by atoms with van der Waals surface area (Å²) in [6, 6.07) is 62.1. The van der Waals surface area contributed by atoms with Gasteiger partial charge in [0.05, 0.1) is 22.1 Å². The van der Waals surface area contributed by atoms with Crippen molar-refractivity contribution in [3.05, 3.63) is 193 Å². The van der Waals surface area contributed by atoms with Crippen LogP contribution in [0, 0.1) is 0 Å². The highest BCUT2D eigenvalue weighted by atomic mass is 15.2. The zero-order chi connectivity index (χ0) is 33.0. The zero-order valence-corrected chi connectivity index (χ0v) is 27.1. The van der Waals surface area contributed by atoms with E-state index in [9.17, 15) is 0 Å². The van der Waals surface area contributed by atoms with Crippen LogP contribution in [-0.4, -0.2) is 20.8 Å². The molecular formula is C45H31N5. The molecule has 1 N–H and O–H groups in total. The molecule has 0 saturated heterocycles. The molecule has 1 atom stereocenters. The van der Waals surface area contributed by atoms with Gasteiger partial charge in [0, 0.05) is 44.0 Å².